The van der Waals surface area contributed by atoms with Crippen molar-refractivity contribution in [1.29, 1.82) is 0 Å². The summed E-state index contributed by atoms with van der Waals surface area (Å²) in [5.41, 5.74) is 0.913. The monoisotopic (exact) mass is 376 g/mol. The second-order valence-electron chi connectivity index (χ2n) is 9.08. The third-order valence-corrected chi connectivity index (χ3v) is 5.00. The number of aryl methyl sites for hydroxylation is 1. The minimum absolute atomic E-state index is 0.437. The average Bonchev–Trinajstić information content (AvgIpc) is 2.73. The number of nitrogens with two attached hydrogens (primary N) is 1. The van der Waals surface area contributed by atoms with E-state index in [1.165, 1.54) is 0 Å². The lowest BCUT2D eigenvalue weighted by Gasteiger charge is -2.32. The van der Waals surface area contributed by atoms with Crippen molar-refractivity contribution in [2.75, 3.05) is 5.01 Å². The normalized spacial score (nSPS) is 18.5. The summed E-state index contributed by atoms with van der Waals surface area (Å²) in [5, 5.41) is 1.07. The third-order valence-electron chi connectivity index (χ3n) is 5.00. The van der Waals surface area contributed by atoms with Crippen LogP contribution in [0, 0.1) is 0 Å². The van der Waals surface area contributed by atoms with E-state index in [0.717, 1.165) is 28.9 Å². The van der Waals surface area contributed by atoms with Crippen molar-refractivity contribution in [3.63, 3.8) is 0 Å². The van der Waals surface area contributed by atoms with E-state index in [9.17, 15) is 4.79 Å². The Hall–Kier alpha value is -1.57. The number of ether oxygens (including phenoxy) is 1. The quantitative estimate of drug-likeness (QED) is 0.377. The van der Waals surface area contributed by atoms with Crippen molar-refractivity contribution in [3.8, 4) is 0 Å². The fraction of sp³-hybridized carbons (Fsp3) is 0.650. The Kier molecular flexibility index (Phi) is 6.00. The number of hydrogen-bond donors (Lipinski definition) is 1. The van der Waals surface area contributed by atoms with E-state index in [4.69, 9.17) is 19.9 Å². The molecule has 1 heterocycles. The van der Waals surface area contributed by atoms with Crippen LogP contribution in [0.5, 0.6) is 0 Å². The van der Waals surface area contributed by atoms with Gasteiger partial charge in [0.1, 0.15) is 5.60 Å². The summed E-state index contributed by atoms with van der Waals surface area (Å²) in [6.07, 6.45) is 1.14. The molecule has 1 fully saturated rings. The molecule has 0 saturated carbocycles. The van der Waals surface area contributed by atoms with Crippen molar-refractivity contribution in [1.82, 2.24) is 0 Å². The summed E-state index contributed by atoms with van der Waals surface area (Å²) in [6.45, 7) is 15.6. The van der Waals surface area contributed by atoms with Crippen LogP contribution in [0.4, 0.5) is 10.5 Å². The van der Waals surface area contributed by atoms with Crippen LogP contribution in [-0.2, 0) is 20.5 Å². The maximum absolute atomic E-state index is 12.5. The first-order valence-corrected chi connectivity index (χ1v) is 9.53. The van der Waals surface area contributed by atoms with Crippen LogP contribution in [0.3, 0.4) is 0 Å². The number of amides is 1. The summed E-state index contributed by atoms with van der Waals surface area (Å²) >= 11 is 0. The Bertz CT molecular complexity index is 682. The molecule has 0 aliphatic carbocycles. The predicted octanol–water partition coefficient (Wildman–Crippen LogP) is 3.55. The predicted molar refractivity (Wildman–Crippen MR) is 109 cm³/mol. The van der Waals surface area contributed by atoms with E-state index in [2.05, 4.69) is 6.92 Å². The summed E-state index contributed by atoms with van der Waals surface area (Å²) in [5.74, 6) is 6.13. The van der Waals surface area contributed by atoms with Crippen LogP contribution in [0.2, 0.25) is 0 Å². The van der Waals surface area contributed by atoms with Crippen LogP contribution in [0.15, 0.2) is 18.2 Å². The van der Waals surface area contributed by atoms with Gasteiger partial charge in [-0.15, -0.1) is 0 Å². The molecule has 0 radical (unpaired) electrons. The molecule has 150 valence electrons. The fourth-order valence-electron chi connectivity index (χ4n) is 2.82. The van der Waals surface area contributed by atoms with Gasteiger partial charge in [-0.3, -0.25) is 0 Å². The van der Waals surface area contributed by atoms with E-state index in [0.29, 0.717) is 5.69 Å². The molecule has 1 aliphatic rings. The van der Waals surface area contributed by atoms with Crippen molar-refractivity contribution in [3.05, 3.63) is 23.8 Å². The van der Waals surface area contributed by atoms with Crippen molar-refractivity contribution < 1.29 is 18.8 Å². The van der Waals surface area contributed by atoms with Gasteiger partial charge in [-0.1, -0.05) is 25.5 Å². The lowest BCUT2D eigenvalue weighted by molar-refractivity contribution is 0.00578. The topological polar surface area (TPSA) is 74.0 Å². The van der Waals surface area contributed by atoms with Crippen LogP contribution in [-0.4, -0.2) is 30.0 Å². The lowest BCUT2D eigenvalue weighted by Crippen LogP contribution is -2.43. The van der Waals surface area contributed by atoms with Gasteiger partial charge in [-0.2, -0.15) is 0 Å². The Morgan fingerprint density at radius 2 is 1.74 bits per heavy atom. The molecule has 0 unspecified atom stereocenters. The van der Waals surface area contributed by atoms with Crippen LogP contribution in [0.25, 0.3) is 0 Å². The number of carbonyl (C=O) groups excluding carboxylic acids is 1. The maximum Gasteiger partial charge on any atom is 0.494 e. The van der Waals surface area contributed by atoms with Gasteiger partial charge < -0.3 is 14.0 Å². The number of rotatable bonds is 4. The Morgan fingerprint density at radius 3 is 2.22 bits per heavy atom. The molecule has 1 saturated heterocycles. The zero-order valence-corrected chi connectivity index (χ0v) is 17.9. The molecule has 1 aliphatic heterocycles. The van der Waals surface area contributed by atoms with Gasteiger partial charge in [0, 0.05) is 0 Å². The Balaban J connectivity index is 2.36. The van der Waals surface area contributed by atoms with Crippen molar-refractivity contribution in [2.24, 2.45) is 5.84 Å². The molecule has 1 aromatic rings. The second kappa shape index (κ2) is 7.45. The largest absolute Gasteiger partial charge is 0.494 e. The second-order valence-corrected chi connectivity index (χ2v) is 9.08. The SMILES string of the molecule is CCCc1ccc(B2OC(C)(C)C(C)(C)O2)cc1N(N)C(=O)OC(C)(C)C. The number of nitrogens with zero attached hydrogens (tertiary/aromatic N) is 1. The molecule has 7 heteroatoms. The summed E-state index contributed by atoms with van der Waals surface area (Å²) < 4.78 is 17.7. The molecule has 0 spiro atoms. The average molecular weight is 376 g/mol. The molecular weight excluding hydrogens is 343 g/mol. The van der Waals surface area contributed by atoms with Gasteiger partial charge in [0.25, 0.3) is 0 Å². The zero-order valence-electron chi connectivity index (χ0n) is 17.9. The van der Waals surface area contributed by atoms with Crippen LogP contribution in [0.1, 0.15) is 67.4 Å². The number of anilines is 1. The molecule has 27 heavy (non-hydrogen) atoms. The Labute approximate surface area is 163 Å². The molecule has 1 amide bonds. The van der Waals surface area contributed by atoms with Crippen LogP contribution >= 0.6 is 0 Å². The smallest absolute Gasteiger partial charge is 0.442 e. The van der Waals surface area contributed by atoms with E-state index < -0.39 is 30.0 Å². The van der Waals surface area contributed by atoms with Gasteiger partial charge >= 0.3 is 13.2 Å². The van der Waals surface area contributed by atoms with Gasteiger partial charge in [-0.05, 0) is 72.0 Å². The van der Waals surface area contributed by atoms with E-state index in [1.807, 2.05) is 66.7 Å². The van der Waals surface area contributed by atoms with E-state index in [-0.39, 0.29) is 0 Å². The van der Waals surface area contributed by atoms with Crippen LogP contribution < -0.4 is 16.3 Å². The molecule has 0 atom stereocenters. The Morgan fingerprint density at radius 1 is 1.19 bits per heavy atom. The van der Waals surface area contributed by atoms with Gasteiger partial charge in [-0.25, -0.2) is 15.6 Å². The standard InChI is InChI=1S/C20H33BN2O4/c1-9-10-14-11-12-15(21-26-19(5,6)20(7,8)27-21)13-16(14)23(22)17(24)25-18(2,3)4/h11-13H,9-10,22H2,1-8H3. The summed E-state index contributed by atoms with van der Waals surface area (Å²) in [6, 6.07) is 5.81. The molecule has 0 aromatic heterocycles. The molecule has 1 aromatic carbocycles. The van der Waals surface area contributed by atoms with E-state index in [1.54, 1.807) is 0 Å². The first-order valence-electron chi connectivity index (χ1n) is 9.53. The maximum atomic E-state index is 12.5. The zero-order chi connectivity index (χ0) is 20.6. The minimum Gasteiger partial charge on any atom is -0.442 e. The number of carbonyl (C=O) groups is 1. The molecule has 2 rings (SSSR count). The summed E-state index contributed by atoms with van der Waals surface area (Å²) in [7, 11) is -0.517. The fourth-order valence-corrected chi connectivity index (χ4v) is 2.82. The highest BCUT2D eigenvalue weighted by Gasteiger charge is 2.51. The third kappa shape index (κ3) is 4.84. The molecule has 0 bridgehead atoms. The van der Waals surface area contributed by atoms with Crippen molar-refractivity contribution in [2.45, 2.75) is 85.0 Å². The highest BCUT2D eigenvalue weighted by atomic mass is 16.7. The van der Waals surface area contributed by atoms with E-state index >= 15 is 0 Å². The number of benzene rings is 1. The van der Waals surface area contributed by atoms with Gasteiger partial charge in [0.15, 0.2) is 0 Å². The highest BCUT2D eigenvalue weighted by molar-refractivity contribution is 6.62. The number of hydrazine groups is 1. The van der Waals surface area contributed by atoms with Crippen molar-refractivity contribution >= 4 is 24.4 Å². The lowest BCUT2D eigenvalue weighted by atomic mass is 9.78. The summed E-state index contributed by atoms with van der Waals surface area (Å²) in [4.78, 5) is 12.5. The van der Waals surface area contributed by atoms with Gasteiger partial charge in [0.2, 0.25) is 0 Å². The molecular formula is C20H33BN2O4. The first-order chi connectivity index (χ1) is 12.3. The minimum atomic E-state index is -0.622. The first kappa shape index (κ1) is 21.7. The number of hydrogen-bond acceptors (Lipinski definition) is 5. The van der Waals surface area contributed by atoms with Gasteiger partial charge in [0.05, 0.1) is 16.9 Å². The highest BCUT2D eigenvalue weighted by Crippen LogP contribution is 2.36. The molecule has 6 nitrogen and oxygen atoms in total. The molecule has 2 N–H and O–H groups in total.